The average Bonchev–Trinajstić information content (AvgIpc) is 2.67. The standard InChI is InChI=1S/C22H29N3O2/c1-3-23-21(24-15-17-14-19(27-2)10-11-20(17)26)25-16-22(12-7-13-22)18-8-5-4-6-9-18/h4-6,8-11,14,26H,3,7,12-13,15-16H2,1-2H3,(H2,23,24,25). The smallest absolute Gasteiger partial charge is 0.191 e. The molecule has 144 valence electrons. The first kappa shape index (κ1) is 19.1. The number of rotatable bonds is 7. The van der Waals surface area contributed by atoms with Crippen molar-refractivity contribution < 1.29 is 9.84 Å². The van der Waals surface area contributed by atoms with Gasteiger partial charge in [-0.3, -0.25) is 0 Å². The van der Waals surface area contributed by atoms with Crippen molar-refractivity contribution in [1.82, 2.24) is 10.6 Å². The van der Waals surface area contributed by atoms with Crippen LogP contribution < -0.4 is 15.4 Å². The molecule has 5 nitrogen and oxygen atoms in total. The average molecular weight is 367 g/mol. The Morgan fingerprint density at radius 3 is 2.56 bits per heavy atom. The number of nitrogens with zero attached hydrogens (tertiary/aromatic N) is 1. The van der Waals surface area contributed by atoms with Gasteiger partial charge < -0.3 is 20.5 Å². The molecular formula is C22H29N3O2. The Balaban J connectivity index is 1.69. The molecule has 0 bridgehead atoms. The second kappa shape index (κ2) is 8.80. The van der Waals surface area contributed by atoms with Gasteiger partial charge in [-0.15, -0.1) is 0 Å². The van der Waals surface area contributed by atoms with Crippen LogP contribution in [0, 0.1) is 0 Å². The number of nitrogens with one attached hydrogen (secondary N) is 2. The third-order valence-corrected chi connectivity index (χ3v) is 5.33. The SMILES string of the molecule is CCNC(=NCc1cc(OC)ccc1O)NCC1(c2ccccc2)CCC1. The van der Waals surface area contributed by atoms with E-state index in [0.717, 1.165) is 24.6 Å². The zero-order valence-electron chi connectivity index (χ0n) is 16.2. The lowest BCUT2D eigenvalue weighted by molar-refractivity contribution is 0.244. The molecule has 1 aliphatic rings. The minimum absolute atomic E-state index is 0.190. The van der Waals surface area contributed by atoms with E-state index in [0.29, 0.717) is 12.3 Å². The van der Waals surface area contributed by atoms with Gasteiger partial charge in [0.25, 0.3) is 0 Å². The molecule has 0 atom stereocenters. The van der Waals surface area contributed by atoms with E-state index in [1.807, 2.05) is 6.07 Å². The summed E-state index contributed by atoms with van der Waals surface area (Å²) in [4.78, 5) is 4.65. The van der Waals surface area contributed by atoms with Gasteiger partial charge in [-0.05, 0) is 43.5 Å². The van der Waals surface area contributed by atoms with Crippen molar-refractivity contribution in [2.75, 3.05) is 20.2 Å². The van der Waals surface area contributed by atoms with Crippen LogP contribution in [0.5, 0.6) is 11.5 Å². The summed E-state index contributed by atoms with van der Waals surface area (Å²) >= 11 is 0. The number of benzene rings is 2. The van der Waals surface area contributed by atoms with E-state index < -0.39 is 0 Å². The zero-order chi connectivity index (χ0) is 19.1. The van der Waals surface area contributed by atoms with Gasteiger partial charge in [0.1, 0.15) is 11.5 Å². The molecule has 5 heteroatoms. The molecule has 0 aliphatic heterocycles. The molecule has 0 unspecified atom stereocenters. The first-order chi connectivity index (χ1) is 13.2. The van der Waals surface area contributed by atoms with Crippen molar-refractivity contribution in [3.63, 3.8) is 0 Å². The molecule has 0 amide bonds. The fourth-order valence-corrected chi connectivity index (χ4v) is 3.54. The molecule has 1 aliphatic carbocycles. The van der Waals surface area contributed by atoms with Crippen molar-refractivity contribution >= 4 is 5.96 Å². The van der Waals surface area contributed by atoms with Crippen molar-refractivity contribution in [2.24, 2.45) is 4.99 Å². The fraction of sp³-hybridized carbons (Fsp3) is 0.409. The van der Waals surface area contributed by atoms with Gasteiger partial charge in [-0.25, -0.2) is 4.99 Å². The predicted octanol–water partition coefficient (Wildman–Crippen LogP) is 3.58. The summed E-state index contributed by atoms with van der Waals surface area (Å²) in [6, 6.07) is 15.9. The lowest BCUT2D eigenvalue weighted by Gasteiger charge is -2.43. The van der Waals surface area contributed by atoms with E-state index in [1.165, 1.54) is 24.8 Å². The van der Waals surface area contributed by atoms with Crippen LogP contribution in [-0.4, -0.2) is 31.3 Å². The van der Waals surface area contributed by atoms with E-state index in [-0.39, 0.29) is 11.2 Å². The largest absolute Gasteiger partial charge is 0.508 e. The highest BCUT2D eigenvalue weighted by Gasteiger charge is 2.38. The minimum atomic E-state index is 0.190. The number of aliphatic imine (C=N–C) groups is 1. The van der Waals surface area contributed by atoms with Gasteiger partial charge in [0.15, 0.2) is 5.96 Å². The number of aromatic hydroxyl groups is 1. The quantitative estimate of drug-likeness (QED) is 0.517. The maximum Gasteiger partial charge on any atom is 0.191 e. The summed E-state index contributed by atoms with van der Waals surface area (Å²) in [6.45, 7) is 4.08. The molecule has 27 heavy (non-hydrogen) atoms. The number of hydrogen-bond donors (Lipinski definition) is 3. The second-order valence-electron chi connectivity index (χ2n) is 7.04. The maximum absolute atomic E-state index is 10.1. The normalized spacial score (nSPS) is 15.7. The molecule has 0 spiro atoms. The Kier molecular flexibility index (Phi) is 6.22. The Bertz CT molecular complexity index is 770. The van der Waals surface area contributed by atoms with Crippen LogP contribution in [0.25, 0.3) is 0 Å². The van der Waals surface area contributed by atoms with E-state index in [2.05, 4.69) is 52.9 Å². The van der Waals surface area contributed by atoms with Crippen molar-refractivity contribution in [1.29, 1.82) is 0 Å². The Morgan fingerprint density at radius 2 is 1.93 bits per heavy atom. The van der Waals surface area contributed by atoms with Gasteiger partial charge in [-0.1, -0.05) is 36.8 Å². The number of hydrogen-bond acceptors (Lipinski definition) is 3. The zero-order valence-corrected chi connectivity index (χ0v) is 16.2. The van der Waals surface area contributed by atoms with Crippen LogP contribution in [-0.2, 0) is 12.0 Å². The summed E-state index contributed by atoms with van der Waals surface area (Å²) in [5.41, 5.74) is 2.33. The van der Waals surface area contributed by atoms with Gasteiger partial charge in [0.2, 0.25) is 0 Å². The third-order valence-electron chi connectivity index (χ3n) is 5.33. The second-order valence-corrected chi connectivity index (χ2v) is 7.04. The van der Waals surface area contributed by atoms with Crippen molar-refractivity contribution in [3.8, 4) is 11.5 Å². The van der Waals surface area contributed by atoms with E-state index in [1.54, 1.807) is 19.2 Å². The van der Waals surface area contributed by atoms with Crippen LogP contribution in [0.1, 0.15) is 37.3 Å². The molecule has 3 rings (SSSR count). The monoisotopic (exact) mass is 367 g/mol. The highest BCUT2D eigenvalue weighted by atomic mass is 16.5. The molecule has 0 heterocycles. The number of phenols is 1. The number of methoxy groups -OCH3 is 1. The van der Waals surface area contributed by atoms with E-state index in [4.69, 9.17) is 4.74 Å². The summed E-state index contributed by atoms with van der Waals surface area (Å²) < 4.78 is 5.24. The highest BCUT2D eigenvalue weighted by Crippen LogP contribution is 2.43. The van der Waals surface area contributed by atoms with E-state index >= 15 is 0 Å². The molecule has 0 radical (unpaired) electrons. The highest BCUT2D eigenvalue weighted by molar-refractivity contribution is 5.80. The van der Waals surface area contributed by atoms with Crippen LogP contribution in [0.4, 0.5) is 0 Å². The Labute approximate surface area is 161 Å². The van der Waals surface area contributed by atoms with Crippen LogP contribution in [0.2, 0.25) is 0 Å². The van der Waals surface area contributed by atoms with Crippen molar-refractivity contribution in [3.05, 3.63) is 59.7 Å². The summed E-state index contributed by atoms with van der Waals surface area (Å²) in [7, 11) is 1.62. The fourth-order valence-electron chi connectivity index (χ4n) is 3.54. The van der Waals surface area contributed by atoms with Crippen molar-refractivity contribution in [2.45, 2.75) is 38.1 Å². The molecule has 3 N–H and O–H groups in total. The summed E-state index contributed by atoms with van der Waals surface area (Å²) in [5.74, 6) is 1.71. The topological polar surface area (TPSA) is 65.9 Å². The molecular weight excluding hydrogens is 338 g/mol. The third kappa shape index (κ3) is 4.54. The van der Waals surface area contributed by atoms with Crippen LogP contribution in [0.3, 0.4) is 0 Å². The Hall–Kier alpha value is -2.69. The molecule has 1 saturated carbocycles. The lowest BCUT2D eigenvalue weighted by atomic mass is 9.64. The van der Waals surface area contributed by atoms with Crippen LogP contribution in [0.15, 0.2) is 53.5 Å². The summed E-state index contributed by atoms with van der Waals surface area (Å²) in [6.07, 6.45) is 3.65. The van der Waals surface area contributed by atoms with Gasteiger partial charge >= 0.3 is 0 Å². The first-order valence-corrected chi connectivity index (χ1v) is 9.60. The van der Waals surface area contributed by atoms with Gasteiger partial charge in [0, 0.05) is 24.1 Å². The Morgan fingerprint density at radius 1 is 1.15 bits per heavy atom. The lowest BCUT2D eigenvalue weighted by Crippen LogP contribution is -2.48. The van der Waals surface area contributed by atoms with Gasteiger partial charge in [-0.2, -0.15) is 0 Å². The van der Waals surface area contributed by atoms with Gasteiger partial charge in [0.05, 0.1) is 13.7 Å². The first-order valence-electron chi connectivity index (χ1n) is 9.60. The molecule has 0 saturated heterocycles. The maximum atomic E-state index is 10.1. The minimum Gasteiger partial charge on any atom is -0.508 e. The number of phenolic OH excluding ortho intramolecular Hbond substituents is 1. The predicted molar refractivity (Wildman–Crippen MR) is 109 cm³/mol. The molecule has 1 fully saturated rings. The number of guanidine groups is 1. The molecule has 2 aromatic carbocycles. The van der Waals surface area contributed by atoms with E-state index in [9.17, 15) is 5.11 Å². The molecule has 2 aromatic rings. The summed E-state index contributed by atoms with van der Waals surface area (Å²) in [5, 5.41) is 16.9. The number of ether oxygens (including phenoxy) is 1. The molecule has 0 aromatic heterocycles. The van der Waals surface area contributed by atoms with Crippen LogP contribution >= 0.6 is 0 Å².